The minimum Gasteiger partial charge on any atom is -0.480 e. The second-order valence-electron chi connectivity index (χ2n) is 5.03. The Morgan fingerprint density at radius 2 is 2.00 bits per heavy atom. The van der Waals surface area contributed by atoms with Gasteiger partial charge in [-0.3, -0.25) is 0 Å². The maximum atomic E-state index is 12.1. The van der Waals surface area contributed by atoms with Gasteiger partial charge in [-0.15, -0.1) is 0 Å². The van der Waals surface area contributed by atoms with Gasteiger partial charge in [-0.1, -0.05) is 12.8 Å². The van der Waals surface area contributed by atoms with Crippen LogP contribution in [0.1, 0.15) is 25.7 Å². The molecule has 3 atom stereocenters. The van der Waals surface area contributed by atoms with E-state index in [1.165, 1.54) is 4.90 Å². The Morgan fingerprint density at radius 3 is 2.68 bits per heavy atom. The number of hydrogen-bond acceptors (Lipinski definition) is 4. The van der Waals surface area contributed by atoms with Crippen LogP contribution in [-0.4, -0.2) is 65.1 Å². The van der Waals surface area contributed by atoms with Crippen LogP contribution in [0.5, 0.6) is 0 Å². The number of carboxylic acid groups (broad SMARTS) is 1. The number of carbonyl (C=O) groups excluding carboxylic acids is 1. The van der Waals surface area contributed by atoms with Crippen LogP contribution in [0, 0.1) is 0 Å². The van der Waals surface area contributed by atoms with Crippen LogP contribution in [-0.2, 0) is 9.53 Å². The van der Waals surface area contributed by atoms with Crippen molar-refractivity contribution >= 4 is 12.0 Å². The number of urea groups is 1. The van der Waals surface area contributed by atoms with Gasteiger partial charge in [0.2, 0.25) is 0 Å². The first-order chi connectivity index (χ1) is 9.09. The molecule has 1 saturated heterocycles. The molecule has 2 amide bonds. The molecule has 3 N–H and O–H groups in total. The molecule has 1 aliphatic carbocycles. The van der Waals surface area contributed by atoms with Crippen LogP contribution in [0.3, 0.4) is 0 Å². The summed E-state index contributed by atoms with van der Waals surface area (Å²) in [5, 5.41) is 21.6. The average molecular weight is 272 g/mol. The molecule has 2 aliphatic rings. The Labute approximate surface area is 111 Å². The van der Waals surface area contributed by atoms with Gasteiger partial charge in [-0.2, -0.15) is 0 Å². The molecule has 108 valence electrons. The predicted molar refractivity (Wildman–Crippen MR) is 65.7 cm³/mol. The number of carboxylic acids is 1. The van der Waals surface area contributed by atoms with Crippen molar-refractivity contribution in [3.63, 3.8) is 0 Å². The highest BCUT2D eigenvalue weighted by Crippen LogP contribution is 2.19. The summed E-state index contributed by atoms with van der Waals surface area (Å²) >= 11 is 0. The third-order valence-corrected chi connectivity index (χ3v) is 3.71. The van der Waals surface area contributed by atoms with Gasteiger partial charge < -0.3 is 25.2 Å². The molecular weight excluding hydrogens is 252 g/mol. The summed E-state index contributed by atoms with van der Waals surface area (Å²) in [4.78, 5) is 24.5. The Balaban J connectivity index is 1.95. The van der Waals surface area contributed by atoms with E-state index >= 15 is 0 Å². The van der Waals surface area contributed by atoms with Crippen molar-refractivity contribution in [1.82, 2.24) is 10.2 Å². The molecule has 3 unspecified atom stereocenters. The smallest absolute Gasteiger partial charge is 0.328 e. The summed E-state index contributed by atoms with van der Waals surface area (Å²) in [6.07, 6.45) is 2.80. The highest BCUT2D eigenvalue weighted by Gasteiger charge is 2.34. The summed E-state index contributed by atoms with van der Waals surface area (Å²) in [7, 11) is 0. The van der Waals surface area contributed by atoms with E-state index in [4.69, 9.17) is 9.84 Å². The van der Waals surface area contributed by atoms with Gasteiger partial charge in [-0.05, 0) is 12.8 Å². The number of hydrogen-bond donors (Lipinski definition) is 3. The molecule has 7 nitrogen and oxygen atoms in total. The Morgan fingerprint density at radius 1 is 1.26 bits per heavy atom. The number of aliphatic carboxylic acids is 1. The van der Waals surface area contributed by atoms with Crippen LogP contribution in [0.2, 0.25) is 0 Å². The van der Waals surface area contributed by atoms with Gasteiger partial charge in [0, 0.05) is 6.54 Å². The maximum Gasteiger partial charge on any atom is 0.328 e. The third kappa shape index (κ3) is 3.36. The molecule has 1 saturated carbocycles. The number of nitrogens with one attached hydrogen (secondary N) is 1. The van der Waals surface area contributed by atoms with E-state index in [0.717, 1.165) is 19.3 Å². The van der Waals surface area contributed by atoms with Gasteiger partial charge in [-0.25, -0.2) is 9.59 Å². The fourth-order valence-electron chi connectivity index (χ4n) is 2.57. The van der Waals surface area contributed by atoms with Crippen molar-refractivity contribution in [3.05, 3.63) is 0 Å². The molecule has 0 radical (unpaired) electrons. The number of aliphatic hydroxyl groups is 1. The highest BCUT2D eigenvalue weighted by atomic mass is 16.5. The first-order valence-corrected chi connectivity index (χ1v) is 6.65. The van der Waals surface area contributed by atoms with Crippen molar-refractivity contribution in [3.8, 4) is 0 Å². The second-order valence-corrected chi connectivity index (χ2v) is 5.03. The Hall–Kier alpha value is -1.34. The van der Waals surface area contributed by atoms with Crippen LogP contribution in [0.25, 0.3) is 0 Å². The summed E-state index contributed by atoms with van der Waals surface area (Å²) in [6.45, 7) is 0.603. The molecule has 1 aliphatic heterocycles. The lowest BCUT2D eigenvalue weighted by Crippen LogP contribution is -2.58. The standard InChI is InChI=1S/C12H20N2O5/c15-10-4-2-1-3-8(10)13-12(18)14-5-6-19-7-9(14)11(16)17/h8-10,15H,1-7H2,(H,13,18)(H,16,17). The molecule has 0 aromatic heterocycles. The summed E-state index contributed by atoms with van der Waals surface area (Å²) in [6, 6.07) is -1.66. The Kier molecular flexibility index (Phi) is 4.60. The molecule has 0 spiro atoms. The van der Waals surface area contributed by atoms with Crippen LogP contribution in [0.4, 0.5) is 4.79 Å². The minimum absolute atomic E-state index is 0.00989. The average Bonchev–Trinajstić information content (AvgIpc) is 2.41. The van der Waals surface area contributed by atoms with E-state index in [2.05, 4.69) is 5.32 Å². The Bertz CT molecular complexity index is 349. The van der Waals surface area contributed by atoms with Gasteiger partial charge in [0.25, 0.3) is 0 Å². The normalized spacial score (nSPS) is 31.8. The largest absolute Gasteiger partial charge is 0.480 e. The lowest BCUT2D eigenvalue weighted by atomic mass is 9.93. The molecular formula is C12H20N2O5. The number of morpholine rings is 1. The van der Waals surface area contributed by atoms with Crippen molar-refractivity contribution < 1.29 is 24.5 Å². The molecule has 0 aromatic carbocycles. The maximum absolute atomic E-state index is 12.1. The van der Waals surface area contributed by atoms with Crippen LogP contribution in [0.15, 0.2) is 0 Å². The summed E-state index contributed by atoms with van der Waals surface area (Å²) in [5.41, 5.74) is 0. The highest BCUT2D eigenvalue weighted by molar-refractivity contribution is 5.83. The number of nitrogens with zero attached hydrogens (tertiary/aromatic N) is 1. The second kappa shape index (κ2) is 6.21. The van der Waals surface area contributed by atoms with E-state index < -0.39 is 24.1 Å². The fourth-order valence-corrected chi connectivity index (χ4v) is 2.57. The van der Waals surface area contributed by atoms with Gasteiger partial charge >= 0.3 is 12.0 Å². The van der Waals surface area contributed by atoms with E-state index in [0.29, 0.717) is 13.0 Å². The van der Waals surface area contributed by atoms with E-state index in [9.17, 15) is 14.7 Å². The number of aliphatic hydroxyl groups excluding tert-OH is 1. The molecule has 19 heavy (non-hydrogen) atoms. The van der Waals surface area contributed by atoms with Crippen molar-refractivity contribution in [2.75, 3.05) is 19.8 Å². The van der Waals surface area contributed by atoms with Gasteiger partial charge in [0.05, 0.1) is 25.4 Å². The topological polar surface area (TPSA) is 99.1 Å². The lowest BCUT2D eigenvalue weighted by molar-refractivity contribution is -0.147. The van der Waals surface area contributed by atoms with Gasteiger partial charge in [0.1, 0.15) is 0 Å². The van der Waals surface area contributed by atoms with E-state index in [-0.39, 0.29) is 19.2 Å². The lowest BCUT2D eigenvalue weighted by Gasteiger charge is -2.36. The molecule has 2 rings (SSSR count). The molecule has 1 heterocycles. The number of amides is 2. The molecule has 7 heteroatoms. The zero-order chi connectivity index (χ0) is 13.8. The van der Waals surface area contributed by atoms with E-state index in [1.807, 2.05) is 0 Å². The third-order valence-electron chi connectivity index (χ3n) is 3.71. The fraction of sp³-hybridized carbons (Fsp3) is 0.833. The molecule has 0 bridgehead atoms. The van der Waals surface area contributed by atoms with Crippen LogP contribution < -0.4 is 5.32 Å². The summed E-state index contributed by atoms with van der Waals surface area (Å²) < 4.78 is 5.08. The monoisotopic (exact) mass is 272 g/mol. The zero-order valence-corrected chi connectivity index (χ0v) is 10.7. The predicted octanol–water partition coefficient (Wildman–Crippen LogP) is -0.215. The number of ether oxygens (including phenoxy) is 1. The first kappa shape index (κ1) is 14.1. The number of rotatable bonds is 2. The molecule has 2 fully saturated rings. The first-order valence-electron chi connectivity index (χ1n) is 6.65. The zero-order valence-electron chi connectivity index (χ0n) is 10.7. The van der Waals surface area contributed by atoms with Crippen molar-refractivity contribution in [2.45, 2.75) is 43.9 Å². The quantitative estimate of drug-likeness (QED) is 0.645. The minimum atomic E-state index is -1.07. The van der Waals surface area contributed by atoms with Crippen molar-refractivity contribution in [2.24, 2.45) is 0 Å². The molecule has 0 aromatic rings. The SMILES string of the molecule is O=C(O)C1COCCN1C(=O)NC1CCCCC1O. The summed E-state index contributed by atoms with van der Waals surface area (Å²) in [5.74, 6) is -1.07. The van der Waals surface area contributed by atoms with Crippen LogP contribution >= 0.6 is 0 Å². The number of carbonyl (C=O) groups is 2. The van der Waals surface area contributed by atoms with Gasteiger partial charge in [0.15, 0.2) is 6.04 Å². The van der Waals surface area contributed by atoms with E-state index in [1.54, 1.807) is 0 Å². The van der Waals surface area contributed by atoms with Crippen molar-refractivity contribution in [1.29, 1.82) is 0 Å².